The fraction of sp³-hybridized carbons (Fsp3) is 0.0714. The molecule has 0 unspecified atom stereocenters. The molecule has 0 atom stereocenters. The SMILES string of the molecule is Cc1c(C(=O)Nc2cccc(N)c2)cccc1[N+](=O)[O-]. The molecule has 2 aromatic carbocycles. The second-order valence-corrected chi connectivity index (χ2v) is 4.29. The average molecular weight is 271 g/mol. The maximum atomic E-state index is 12.1. The molecule has 0 aromatic heterocycles. The highest BCUT2D eigenvalue weighted by atomic mass is 16.6. The molecule has 2 rings (SSSR count). The lowest BCUT2D eigenvalue weighted by Gasteiger charge is -2.08. The summed E-state index contributed by atoms with van der Waals surface area (Å²) in [7, 11) is 0. The van der Waals surface area contributed by atoms with E-state index in [4.69, 9.17) is 5.73 Å². The molecule has 0 aliphatic heterocycles. The van der Waals surface area contributed by atoms with Gasteiger partial charge in [0.05, 0.1) is 4.92 Å². The van der Waals surface area contributed by atoms with Crippen LogP contribution in [0.2, 0.25) is 0 Å². The first-order chi connectivity index (χ1) is 9.49. The summed E-state index contributed by atoms with van der Waals surface area (Å²) in [5.74, 6) is -0.406. The van der Waals surface area contributed by atoms with Gasteiger partial charge in [0.2, 0.25) is 0 Å². The van der Waals surface area contributed by atoms with Gasteiger partial charge < -0.3 is 11.1 Å². The van der Waals surface area contributed by atoms with Gasteiger partial charge in [-0.25, -0.2) is 0 Å². The average Bonchev–Trinajstić information content (AvgIpc) is 2.38. The van der Waals surface area contributed by atoms with E-state index < -0.39 is 10.8 Å². The summed E-state index contributed by atoms with van der Waals surface area (Å²) in [6.07, 6.45) is 0. The van der Waals surface area contributed by atoms with Crippen LogP contribution in [0.5, 0.6) is 0 Å². The van der Waals surface area contributed by atoms with Gasteiger partial charge in [-0.3, -0.25) is 14.9 Å². The number of nitro groups is 1. The highest BCUT2D eigenvalue weighted by Crippen LogP contribution is 2.22. The molecule has 2 aromatic rings. The fourth-order valence-corrected chi connectivity index (χ4v) is 1.88. The summed E-state index contributed by atoms with van der Waals surface area (Å²) in [6.45, 7) is 1.55. The number of carbonyl (C=O) groups excluding carboxylic acids is 1. The monoisotopic (exact) mass is 271 g/mol. The number of nitrogen functional groups attached to an aromatic ring is 1. The number of nitrogens with one attached hydrogen (secondary N) is 1. The van der Waals surface area contributed by atoms with E-state index in [0.717, 1.165) is 0 Å². The largest absolute Gasteiger partial charge is 0.399 e. The molecule has 102 valence electrons. The molecule has 0 aliphatic carbocycles. The molecular formula is C14H13N3O3. The molecule has 20 heavy (non-hydrogen) atoms. The van der Waals surface area contributed by atoms with E-state index in [0.29, 0.717) is 16.9 Å². The number of nitrogens with two attached hydrogens (primary N) is 1. The maximum absolute atomic E-state index is 12.1. The van der Waals surface area contributed by atoms with E-state index in [1.165, 1.54) is 12.1 Å². The quantitative estimate of drug-likeness (QED) is 0.509. The summed E-state index contributed by atoms with van der Waals surface area (Å²) in [5.41, 5.74) is 7.21. The van der Waals surface area contributed by atoms with E-state index >= 15 is 0 Å². The van der Waals surface area contributed by atoms with Crippen LogP contribution in [-0.2, 0) is 0 Å². The van der Waals surface area contributed by atoms with Crippen molar-refractivity contribution in [3.63, 3.8) is 0 Å². The zero-order chi connectivity index (χ0) is 14.7. The molecule has 0 saturated heterocycles. The predicted octanol–water partition coefficient (Wildman–Crippen LogP) is 2.74. The van der Waals surface area contributed by atoms with Crippen LogP contribution in [0.15, 0.2) is 42.5 Å². The van der Waals surface area contributed by atoms with Crippen molar-refractivity contribution in [1.29, 1.82) is 0 Å². The van der Waals surface area contributed by atoms with Crippen LogP contribution in [0.4, 0.5) is 17.1 Å². The lowest BCUT2D eigenvalue weighted by molar-refractivity contribution is -0.385. The molecule has 0 aliphatic rings. The predicted molar refractivity (Wildman–Crippen MR) is 76.6 cm³/mol. The van der Waals surface area contributed by atoms with Crippen molar-refractivity contribution in [3.05, 3.63) is 63.7 Å². The van der Waals surface area contributed by atoms with Crippen LogP contribution in [-0.4, -0.2) is 10.8 Å². The Balaban J connectivity index is 2.30. The Labute approximate surface area is 115 Å². The third kappa shape index (κ3) is 2.74. The third-order valence-electron chi connectivity index (χ3n) is 2.89. The first-order valence-electron chi connectivity index (χ1n) is 5.90. The molecule has 0 bridgehead atoms. The van der Waals surface area contributed by atoms with Crippen molar-refractivity contribution < 1.29 is 9.72 Å². The zero-order valence-corrected chi connectivity index (χ0v) is 10.8. The molecule has 6 nitrogen and oxygen atoms in total. The van der Waals surface area contributed by atoms with E-state index in [1.807, 2.05) is 0 Å². The van der Waals surface area contributed by atoms with Gasteiger partial charge in [0, 0.05) is 28.6 Å². The Kier molecular flexibility index (Phi) is 3.65. The minimum absolute atomic E-state index is 0.0785. The topological polar surface area (TPSA) is 98.3 Å². The number of hydrogen-bond donors (Lipinski definition) is 2. The molecule has 3 N–H and O–H groups in total. The van der Waals surface area contributed by atoms with Crippen LogP contribution in [0, 0.1) is 17.0 Å². The van der Waals surface area contributed by atoms with Crippen LogP contribution < -0.4 is 11.1 Å². The maximum Gasteiger partial charge on any atom is 0.273 e. The number of anilines is 2. The Morgan fingerprint density at radius 3 is 2.60 bits per heavy atom. The molecule has 0 heterocycles. The van der Waals surface area contributed by atoms with Gasteiger partial charge in [-0.15, -0.1) is 0 Å². The van der Waals surface area contributed by atoms with Crippen LogP contribution in [0.3, 0.4) is 0 Å². The fourth-order valence-electron chi connectivity index (χ4n) is 1.88. The standard InChI is InChI=1S/C14H13N3O3/c1-9-12(6-3-7-13(9)17(19)20)14(18)16-11-5-2-4-10(15)8-11/h2-8H,15H2,1H3,(H,16,18). The van der Waals surface area contributed by atoms with E-state index in [1.54, 1.807) is 37.3 Å². The Hall–Kier alpha value is -2.89. The second kappa shape index (κ2) is 5.40. The van der Waals surface area contributed by atoms with Crippen molar-refractivity contribution >= 4 is 23.0 Å². The first kappa shape index (κ1) is 13.5. The van der Waals surface area contributed by atoms with Crippen molar-refractivity contribution in [2.24, 2.45) is 0 Å². The van der Waals surface area contributed by atoms with Gasteiger partial charge in [0.1, 0.15) is 0 Å². The summed E-state index contributed by atoms with van der Waals surface area (Å²) in [5, 5.41) is 13.5. The van der Waals surface area contributed by atoms with Crippen molar-refractivity contribution in [3.8, 4) is 0 Å². The summed E-state index contributed by atoms with van der Waals surface area (Å²) >= 11 is 0. The smallest absolute Gasteiger partial charge is 0.273 e. The van der Waals surface area contributed by atoms with Crippen LogP contribution in [0.25, 0.3) is 0 Å². The number of benzene rings is 2. The Morgan fingerprint density at radius 2 is 1.95 bits per heavy atom. The Morgan fingerprint density at radius 1 is 1.25 bits per heavy atom. The summed E-state index contributed by atoms with van der Waals surface area (Å²) in [4.78, 5) is 22.5. The summed E-state index contributed by atoms with van der Waals surface area (Å²) in [6, 6.07) is 11.1. The van der Waals surface area contributed by atoms with Crippen LogP contribution >= 0.6 is 0 Å². The molecule has 1 amide bonds. The van der Waals surface area contributed by atoms with Gasteiger partial charge >= 0.3 is 0 Å². The number of nitro benzene ring substituents is 1. The minimum Gasteiger partial charge on any atom is -0.399 e. The third-order valence-corrected chi connectivity index (χ3v) is 2.89. The minimum atomic E-state index is -0.507. The first-order valence-corrected chi connectivity index (χ1v) is 5.90. The molecule has 0 fully saturated rings. The molecule has 0 spiro atoms. The number of rotatable bonds is 3. The molecule has 0 radical (unpaired) electrons. The summed E-state index contributed by atoms with van der Waals surface area (Å²) < 4.78 is 0. The zero-order valence-electron chi connectivity index (χ0n) is 10.8. The van der Waals surface area contributed by atoms with E-state index in [-0.39, 0.29) is 11.3 Å². The highest BCUT2D eigenvalue weighted by molar-refractivity contribution is 6.06. The van der Waals surface area contributed by atoms with Gasteiger partial charge in [-0.1, -0.05) is 12.1 Å². The van der Waals surface area contributed by atoms with Crippen molar-refractivity contribution in [1.82, 2.24) is 0 Å². The number of amides is 1. The molecule has 6 heteroatoms. The van der Waals surface area contributed by atoms with Gasteiger partial charge in [0.25, 0.3) is 11.6 Å². The van der Waals surface area contributed by atoms with E-state index in [2.05, 4.69) is 5.32 Å². The normalized spacial score (nSPS) is 10.1. The lowest BCUT2D eigenvalue weighted by Crippen LogP contribution is -2.14. The molecule has 0 saturated carbocycles. The number of carbonyl (C=O) groups is 1. The van der Waals surface area contributed by atoms with Crippen molar-refractivity contribution in [2.75, 3.05) is 11.1 Å². The molecular weight excluding hydrogens is 258 g/mol. The van der Waals surface area contributed by atoms with Crippen molar-refractivity contribution in [2.45, 2.75) is 6.92 Å². The highest BCUT2D eigenvalue weighted by Gasteiger charge is 2.17. The van der Waals surface area contributed by atoms with E-state index in [9.17, 15) is 14.9 Å². The Bertz CT molecular complexity index is 683. The number of nitrogens with zero attached hydrogens (tertiary/aromatic N) is 1. The van der Waals surface area contributed by atoms with Gasteiger partial charge in [-0.2, -0.15) is 0 Å². The lowest BCUT2D eigenvalue weighted by atomic mass is 10.1. The van der Waals surface area contributed by atoms with Gasteiger partial charge in [-0.05, 0) is 31.2 Å². The van der Waals surface area contributed by atoms with Gasteiger partial charge in [0.15, 0.2) is 0 Å². The second-order valence-electron chi connectivity index (χ2n) is 4.29. The number of hydrogen-bond acceptors (Lipinski definition) is 4. The van der Waals surface area contributed by atoms with Crippen LogP contribution in [0.1, 0.15) is 15.9 Å².